The number of benzene rings is 2. The Hall–Kier alpha value is -1.84. The summed E-state index contributed by atoms with van der Waals surface area (Å²) in [6, 6.07) is 18.1. The number of nitrogens with one attached hydrogen (secondary N) is 1. The number of rotatable bonds is 3. The van der Waals surface area contributed by atoms with Crippen LogP contribution in [0.5, 0.6) is 5.75 Å². The molecule has 0 saturated carbocycles. The molecule has 2 N–H and O–H groups in total. The highest BCUT2D eigenvalue weighted by Gasteiger charge is 2.23. The normalized spacial score (nSPS) is 21.6. The standard InChI is InChI=1S/C17H19NO2/c19-16-10-14(18-11-13-6-2-1-3-7-13)12-20-17-9-5-4-8-15(16)17/h1-9,14,16,18-19H,10-12H2/t14-,16+/m1/s1. The van der Waals surface area contributed by atoms with Crippen molar-refractivity contribution in [3.05, 3.63) is 65.7 Å². The first kappa shape index (κ1) is 13.2. The van der Waals surface area contributed by atoms with Gasteiger partial charge >= 0.3 is 0 Å². The van der Waals surface area contributed by atoms with E-state index in [9.17, 15) is 5.11 Å². The van der Waals surface area contributed by atoms with Crippen LogP contribution in [0.4, 0.5) is 0 Å². The largest absolute Gasteiger partial charge is 0.492 e. The second kappa shape index (κ2) is 6.07. The van der Waals surface area contributed by atoms with E-state index in [1.165, 1.54) is 5.56 Å². The molecule has 104 valence electrons. The summed E-state index contributed by atoms with van der Waals surface area (Å²) in [6.45, 7) is 1.37. The first-order valence-corrected chi connectivity index (χ1v) is 7.00. The minimum atomic E-state index is -0.470. The molecule has 3 rings (SSSR count). The lowest BCUT2D eigenvalue weighted by atomic mass is 10.0. The van der Waals surface area contributed by atoms with Gasteiger partial charge in [-0.25, -0.2) is 0 Å². The maximum Gasteiger partial charge on any atom is 0.125 e. The minimum Gasteiger partial charge on any atom is -0.492 e. The van der Waals surface area contributed by atoms with Crippen molar-refractivity contribution in [3.8, 4) is 5.75 Å². The van der Waals surface area contributed by atoms with Crippen LogP contribution in [-0.4, -0.2) is 17.8 Å². The zero-order valence-corrected chi connectivity index (χ0v) is 11.3. The predicted octanol–water partition coefficient (Wildman–Crippen LogP) is 2.66. The molecule has 1 aliphatic heterocycles. The Labute approximate surface area is 119 Å². The highest BCUT2D eigenvalue weighted by molar-refractivity contribution is 5.36. The summed E-state index contributed by atoms with van der Waals surface area (Å²) in [5.74, 6) is 0.795. The second-order valence-corrected chi connectivity index (χ2v) is 5.16. The third-order valence-electron chi connectivity index (χ3n) is 3.66. The lowest BCUT2D eigenvalue weighted by Gasteiger charge is -2.17. The van der Waals surface area contributed by atoms with Gasteiger partial charge in [-0.2, -0.15) is 0 Å². The van der Waals surface area contributed by atoms with Gasteiger partial charge in [0.05, 0.1) is 6.10 Å². The SMILES string of the molecule is O[C@H]1C[C@@H](NCc2ccccc2)COc2ccccc21. The van der Waals surface area contributed by atoms with E-state index in [-0.39, 0.29) is 6.04 Å². The van der Waals surface area contributed by atoms with E-state index >= 15 is 0 Å². The van der Waals surface area contributed by atoms with E-state index < -0.39 is 6.10 Å². The maximum absolute atomic E-state index is 10.3. The Morgan fingerprint density at radius 2 is 1.80 bits per heavy atom. The van der Waals surface area contributed by atoms with Gasteiger partial charge in [0.25, 0.3) is 0 Å². The van der Waals surface area contributed by atoms with Gasteiger partial charge in [0.1, 0.15) is 12.4 Å². The van der Waals surface area contributed by atoms with E-state index in [1.54, 1.807) is 0 Å². The molecule has 2 aromatic carbocycles. The van der Waals surface area contributed by atoms with Crippen molar-refractivity contribution >= 4 is 0 Å². The quantitative estimate of drug-likeness (QED) is 0.900. The number of hydrogen-bond donors (Lipinski definition) is 2. The van der Waals surface area contributed by atoms with E-state index in [0.29, 0.717) is 13.0 Å². The summed E-state index contributed by atoms with van der Waals surface area (Å²) in [6.07, 6.45) is 0.200. The van der Waals surface area contributed by atoms with Gasteiger partial charge < -0.3 is 15.2 Å². The van der Waals surface area contributed by atoms with Crippen molar-refractivity contribution in [2.75, 3.05) is 6.61 Å². The summed E-state index contributed by atoms with van der Waals surface area (Å²) in [7, 11) is 0. The Morgan fingerprint density at radius 3 is 2.65 bits per heavy atom. The zero-order valence-electron chi connectivity index (χ0n) is 11.3. The fraction of sp³-hybridized carbons (Fsp3) is 0.294. The Balaban J connectivity index is 1.63. The van der Waals surface area contributed by atoms with Gasteiger partial charge in [0, 0.05) is 18.2 Å². The summed E-state index contributed by atoms with van der Waals surface area (Å²) < 4.78 is 5.80. The molecule has 0 aromatic heterocycles. The smallest absolute Gasteiger partial charge is 0.125 e. The highest BCUT2D eigenvalue weighted by atomic mass is 16.5. The summed E-state index contributed by atoms with van der Waals surface area (Å²) >= 11 is 0. The lowest BCUT2D eigenvalue weighted by molar-refractivity contribution is 0.151. The fourth-order valence-electron chi connectivity index (χ4n) is 2.54. The molecule has 0 amide bonds. The molecule has 2 atom stereocenters. The van der Waals surface area contributed by atoms with Gasteiger partial charge in [0.2, 0.25) is 0 Å². The van der Waals surface area contributed by atoms with Crippen LogP contribution in [0.2, 0.25) is 0 Å². The van der Waals surface area contributed by atoms with E-state index in [0.717, 1.165) is 17.9 Å². The number of fused-ring (bicyclic) bond motifs is 1. The van der Waals surface area contributed by atoms with Crippen molar-refractivity contribution in [2.24, 2.45) is 0 Å². The van der Waals surface area contributed by atoms with E-state index in [1.807, 2.05) is 42.5 Å². The van der Waals surface area contributed by atoms with Crippen LogP contribution < -0.4 is 10.1 Å². The molecule has 3 heteroatoms. The third kappa shape index (κ3) is 3.00. The van der Waals surface area contributed by atoms with Crippen molar-refractivity contribution in [3.63, 3.8) is 0 Å². The number of aliphatic hydroxyl groups excluding tert-OH is 1. The number of ether oxygens (including phenoxy) is 1. The van der Waals surface area contributed by atoms with Crippen LogP contribution in [0.15, 0.2) is 54.6 Å². The molecule has 0 fully saturated rings. The first-order valence-electron chi connectivity index (χ1n) is 7.00. The fourth-order valence-corrected chi connectivity index (χ4v) is 2.54. The summed E-state index contributed by atoms with van der Waals surface area (Å²) in [5, 5.41) is 13.7. The first-order chi connectivity index (χ1) is 9.83. The molecule has 0 radical (unpaired) electrons. The van der Waals surface area contributed by atoms with Crippen molar-refractivity contribution in [1.29, 1.82) is 0 Å². The summed E-state index contributed by atoms with van der Waals surface area (Å²) in [4.78, 5) is 0. The molecule has 3 nitrogen and oxygen atoms in total. The molecule has 1 aliphatic rings. The van der Waals surface area contributed by atoms with E-state index in [2.05, 4.69) is 17.4 Å². The lowest BCUT2D eigenvalue weighted by Crippen LogP contribution is -2.34. The molecule has 1 heterocycles. The molecular formula is C17H19NO2. The molecule has 0 unspecified atom stereocenters. The van der Waals surface area contributed by atoms with E-state index in [4.69, 9.17) is 4.74 Å². The van der Waals surface area contributed by atoms with Gasteiger partial charge in [-0.3, -0.25) is 0 Å². The van der Waals surface area contributed by atoms with Crippen molar-refractivity contribution in [2.45, 2.75) is 25.1 Å². The van der Waals surface area contributed by atoms with Crippen LogP contribution in [-0.2, 0) is 6.54 Å². The third-order valence-corrected chi connectivity index (χ3v) is 3.66. The van der Waals surface area contributed by atoms with Crippen LogP contribution >= 0.6 is 0 Å². The minimum absolute atomic E-state index is 0.151. The Kier molecular flexibility index (Phi) is 4.00. The maximum atomic E-state index is 10.3. The number of hydrogen-bond acceptors (Lipinski definition) is 3. The van der Waals surface area contributed by atoms with Gasteiger partial charge in [0.15, 0.2) is 0 Å². The zero-order chi connectivity index (χ0) is 13.8. The monoisotopic (exact) mass is 269 g/mol. The second-order valence-electron chi connectivity index (χ2n) is 5.16. The van der Waals surface area contributed by atoms with Crippen LogP contribution in [0.25, 0.3) is 0 Å². The van der Waals surface area contributed by atoms with Gasteiger partial charge in [-0.15, -0.1) is 0 Å². The Bertz CT molecular complexity index is 556. The van der Waals surface area contributed by atoms with Crippen LogP contribution in [0.3, 0.4) is 0 Å². The number of para-hydroxylation sites is 1. The molecule has 2 aromatic rings. The highest BCUT2D eigenvalue weighted by Crippen LogP contribution is 2.31. The van der Waals surface area contributed by atoms with Crippen LogP contribution in [0, 0.1) is 0 Å². The van der Waals surface area contributed by atoms with Gasteiger partial charge in [-0.05, 0) is 18.1 Å². The molecule has 0 saturated heterocycles. The Morgan fingerprint density at radius 1 is 1.05 bits per heavy atom. The molecule has 0 spiro atoms. The van der Waals surface area contributed by atoms with Crippen LogP contribution in [0.1, 0.15) is 23.7 Å². The topological polar surface area (TPSA) is 41.5 Å². The van der Waals surface area contributed by atoms with Gasteiger partial charge in [-0.1, -0.05) is 48.5 Å². The molecule has 0 bridgehead atoms. The molecule has 20 heavy (non-hydrogen) atoms. The average molecular weight is 269 g/mol. The van der Waals surface area contributed by atoms with Crippen molar-refractivity contribution < 1.29 is 9.84 Å². The molecular weight excluding hydrogens is 250 g/mol. The summed E-state index contributed by atoms with van der Waals surface area (Å²) in [5.41, 5.74) is 2.13. The predicted molar refractivity (Wildman–Crippen MR) is 78.6 cm³/mol. The average Bonchev–Trinajstić information content (AvgIpc) is 2.66. The number of aliphatic hydroxyl groups is 1. The molecule has 0 aliphatic carbocycles. The van der Waals surface area contributed by atoms with Crippen molar-refractivity contribution in [1.82, 2.24) is 5.32 Å².